The summed E-state index contributed by atoms with van der Waals surface area (Å²) >= 11 is 0. The van der Waals surface area contributed by atoms with Gasteiger partial charge in [-0.1, -0.05) is 39.5 Å². The maximum absolute atomic E-state index is 12.0. The highest BCUT2D eigenvalue weighted by atomic mass is 16.4. The van der Waals surface area contributed by atoms with Crippen molar-refractivity contribution < 1.29 is 14.7 Å². The van der Waals surface area contributed by atoms with E-state index in [4.69, 9.17) is 5.73 Å². The lowest BCUT2D eigenvalue weighted by molar-refractivity contribution is -0.150. The van der Waals surface area contributed by atoms with Gasteiger partial charge in [0.15, 0.2) is 0 Å². The molecule has 1 amide bonds. The third-order valence-corrected chi connectivity index (χ3v) is 3.97. The Kier molecular flexibility index (Phi) is 5.79. The summed E-state index contributed by atoms with van der Waals surface area (Å²) in [6.45, 7) is 4.06. The van der Waals surface area contributed by atoms with Gasteiger partial charge in [0.05, 0.1) is 6.04 Å². The van der Waals surface area contributed by atoms with Crippen molar-refractivity contribution >= 4 is 11.9 Å². The van der Waals surface area contributed by atoms with E-state index in [9.17, 15) is 14.7 Å². The van der Waals surface area contributed by atoms with Gasteiger partial charge in [0.1, 0.15) is 5.54 Å². The summed E-state index contributed by atoms with van der Waals surface area (Å²) in [5.41, 5.74) is 4.70. The zero-order chi connectivity index (χ0) is 14.5. The fourth-order valence-corrected chi connectivity index (χ4v) is 2.80. The molecule has 110 valence electrons. The van der Waals surface area contributed by atoms with Crippen molar-refractivity contribution in [3.05, 3.63) is 0 Å². The van der Waals surface area contributed by atoms with Crippen molar-refractivity contribution in [2.45, 2.75) is 70.4 Å². The molecule has 0 aliphatic heterocycles. The predicted octanol–water partition coefficient (Wildman–Crippen LogP) is 1.65. The molecule has 5 heteroatoms. The molecule has 3 atom stereocenters. The minimum Gasteiger partial charge on any atom is -0.480 e. The Morgan fingerprint density at radius 2 is 2.21 bits per heavy atom. The van der Waals surface area contributed by atoms with Gasteiger partial charge in [-0.2, -0.15) is 0 Å². The van der Waals surface area contributed by atoms with Crippen LogP contribution < -0.4 is 11.1 Å². The van der Waals surface area contributed by atoms with Crippen LogP contribution in [0.3, 0.4) is 0 Å². The highest BCUT2D eigenvalue weighted by molar-refractivity contribution is 5.89. The van der Waals surface area contributed by atoms with Gasteiger partial charge in [-0.05, 0) is 25.2 Å². The molecule has 0 saturated heterocycles. The second-order valence-electron chi connectivity index (χ2n) is 5.83. The number of carboxylic acids is 1. The first-order valence-electron chi connectivity index (χ1n) is 7.22. The average molecular weight is 270 g/mol. The summed E-state index contributed by atoms with van der Waals surface area (Å²) in [5.74, 6) is -0.947. The second-order valence-corrected chi connectivity index (χ2v) is 5.83. The molecule has 0 radical (unpaired) electrons. The quantitative estimate of drug-likeness (QED) is 0.684. The van der Waals surface area contributed by atoms with Crippen LogP contribution in [0.25, 0.3) is 0 Å². The van der Waals surface area contributed by atoms with E-state index in [1.165, 1.54) is 0 Å². The number of carboxylic acid groups (broad SMARTS) is 1. The minimum absolute atomic E-state index is 0.317. The van der Waals surface area contributed by atoms with Crippen LogP contribution in [0.15, 0.2) is 0 Å². The van der Waals surface area contributed by atoms with Crippen molar-refractivity contribution in [3.63, 3.8) is 0 Å². The number of carbonyl (C=O) groups excluding carboxylic acids is 1. The number of aliphatic carboxylic acids is 1. The van der Waals surface area contributed by atoms with E-state index in [-0.39, 0.29) is 5.91 Å². The molecule has 1 fully saturated rings. The highest BCUT2D eigenvalue weighted by Crippen LogP contribution is 2.32. The Hall–Kier alpha value is -1.10. The van der Waals surface area contributed by atoms with E-state index >= 15 is 0 Å². The molecular weight excluding hydrogens is 244 g/mol. The first-order chi connectivity index (χ1) is 8.91. The zero-order valence-corrected chi connectivity index (χ0v) is 11.9. The van der Waals surface area contributed by atoms with E-state index in [1.54, 1.807) is 0 Å². The molecule has 4 N–H and O–H groups in total. The number of unbranched alkanes of at least 4 members (excludes halogenated alkanes) is 1. The van der Waals surface area contributed by atoms with Crippen LogP contribution in [0.2, 0.25) is 0 Å². The number of carbonyl (C=O) groups is 2. The number of hydrogen-bond donors (Lipinski definition) is 3. The zero-order valence-electron chi connectivity index (χ0n) is 11.9. The SMILES string of the molecule is CCCC[C@H](N)C(=O)NC1(C(=O)O)CCCC(C)C1. The van der Waals surface area contributed by atoms with E-state index in [0.29, 0.717) is 25.2 Å². The van der Waals surface area contributed by atoms with Gasteiger partial charge in [-0.3, -0.25) is 4.79 Å². The molecule has 0 aromatic rings. The fourth-order valence-electron chi connectivity index (χ4n) is 2.80. The van der Waals surface area contributed by atoms with Gasteiger partial charge in [-0.15, -0.1) is 0 Å². The molecule has 0 aromatic heterocycles. The molecule has 1 aliphatic rings. The summed E-state index contributed by atoms with van der Waals surface area (Å²) < 4.78 is 0. The molecule has 19 heavy (non-hydrogen) atoms. The monoisotopic (exact) mass is 270 g/mol. The highest BCUT2D eigenvalue weighted by Gasteiger charge is 2.43. The molecular formula is C14H26N2O3. The van der Waals surface area contributed by atoms with Crippen LogP contribution in [-0.4, -0.2) is 28.6 Å². The van der Waals surface area contributed by atoms with Crippen LogP contribution in [0.4, 0.5) is 0 Å². The predicted molar refractivity (Wildman–Crippen MR) is 73.6 cm³/mol. The molecule has 2 unspecified atom stereocenters. The van der Waals surface area contributed by atoms with Crippen molar-refractivity contribution in [2.75, 3.05) is 0 Å². The molecule has 1 saturated carbocycles. The van der Waals surface area contributed by atoms with Crippen LogP contribution in [0.5, 0.6) is 0 Å². The molecule has 1 rings (SSSR count). The molecule has 0 spiro atoms. The summed E-state index contributed by atoms with van der Waals surface area (Å²) in [5, 5.41) is 12.2. The fraction of sp³-hybridized carbons (Fsp3) is 0.857. The smallest absolute Gasteiger partial charge is 0.329 e. The van der Waals surface area contributed by atoms with Crippen molar-refractivity contribution in [3.8, 4) is 0 Å². The molecule has 5 nitrogen and oxygen atoms in total. The van der Waals surface area contributed by atoms with Crippen LogP contribution >= 0.6 is 0 Å². The van der Waals surface area contributed by atoms with Crippen molar-refractivity contribution in [2.24, 2.45) is 11.7 Å². The lowest BCUT2D eigenvalue weighted by Gasteiger charge is -2.37. The van der Waals surface area contributed by atoms with Crippen molar-refractivity contribution in [1.29, 1.82) is 0 Å². The lowest BCUT2D eigenvalue weighted by atomic mass is 9.76. The third kappa shape index (κ3) is 4.20. The van der Waals surface area contributed by atoms with Crippen LogP contribution in [0.1, 0.15) is 58.8 Å². The Balaban J connectivity index is 2.68. The number of nitrogens with one attached hydrogen (secondary N) is 1. The van der Waals surface area contributed by atoms with Crippen LogP contribution in [-0.2, 0) is 9.59 Å². The second kappa shape index (κ2) is 6.89. The Bertz CT molecular complexity index is 333. The first-order valence-corrected chi connectivity index (χ1v) is 7.22. The van der Waals surface area contributed by atoms with Gasteiger partial charge in [0.25, 0.3) is 0 Å². The molecule has 0 bridgehead atoms. The summed E-state index contributed by atoms with van der Waals surface area (Å²) in [6, 6.07) is -0.603. The third-order valence-electron chi connectivity index (χ3n) is 3.97. The number of rotatable bonds is 6. The van der Waals surface area contributed by atoms with E-state index < -0.39 is 17.6 Å². The summed E-state index contributed by atoms with van der Waals surface area (Å²) in [6.07, 6.45) is 5.30. The normalized spacial score (nSPS) is 28.7. The topological polar surface area (TPSA) is 92.4 Å². The summed E-state index contributed by atoms with van der Waals surface area (Å²) in [7, 11) is 0. The van der Waals surface area contributed by atoms with Gasteiger partial charge >= 0.3 is 5.97 Å². The summed E-state index contributed by atoms with van der Waals surface area (Å²) in [4.78, 5) is 23.6. The first kappa shape index (κ1) is 16.0. The number of hydrogen-bond acceptors (Lipinski definition) is 3. The lowest BCUT2D eigenvalue weighted by Crippen LogP contribution is -2.59. The Labute approximate surface area is 114 Å². The number of nitrogens with two attached hydrogens (primary N) is 1. The van der Waals surface area contributed by atoms with Gasteiger partial charge in [0, 0.05) is 0 Å². The maximum Gasteiger partial charge on any atom is 0.329 e. The standard InChI is InChI=1S/C14H26N2O3/c1-3-4-7-11(15)12(17)16-14(13(18)19)8-5-6-10(2)9-14/h10-11H,3-9,15H2,1-2H3,(H,16,17)(H,18,19)/t10?,11-,14?/m0/s1. The van der Waals surface area contributed by atoms with Gasteiger partial charge < -0.3 is 16.2 Å². The van der Waals surface area contributed by atoms with E-state index in [0.717, 1.165) is 25.7 Å². The Morgan fingerprint density at radius 3 is 2.74 bits per heavy atom. The largest absolute Gasteiger partial charge is 0.480 e. The molecule has 0 aromatic carbocycles. The van der Waals surface area contributed by atoms with E-state index in [2.05, 4.69) is 5.32 Å². The van der Waals surface area contributed by atoms with Gasteiger partial charge in [-0.25, -0.2) is 4.79 Å². The molecule has 0 heterocycles. The van der Waals surface area contributed by atoms with Gasteiger partial charge in [0.2, 0.25) is 5.91 Å². The van der Waals surface area contributed by atoms with Crippen LogP contribution in [0, 0.1) is 5.92 Å². The maximum atomic E-state index is 12.0. The average Bonchev–Trinajstić information content (AvgIpc) is 2.35. The minimum atomic E-state index is -1.11. The van der Waals surface area contributed by atoms with Crippen molar-refractivity contribution in [1.82, 2.24) is 5.32 Å². The Morgan fingerprint density at radius 1 is 1.53 bits per heavy atom. The number of amides is 1. The molecule has 1 aliphatic carbocycles. The van der Waals surface area contributed by atoms with E-state index in [1.807, 2.05) is 13.8 Å².